The number of benzene rings is 1. The lowest BCUT2D eigenvalue weighted by Gasteiger charge is -2.18. The van der Waals surface area contributed by atoms with Crippen molar-refractivity contribution in [3.05, 3.63) is 54.6 Å². The summed E-state index contributed by atoms with van der Waals surface area (Å²) in [4.78, 5) is 0.932. The first kappa shape index (κ1) is 16.1. The highest BCUT2D eigenvalue weighted by molar-refractivity contribution is 9.13. The summed E-state index contributed by atoms with van der Waals surface area (Å²) < 4.78 is 29.3. The fraction of sp³-hybridized carbons (Fsp3) is 0.286. The Morgan fingerprint density at radius 1 is 1.25 bits per heavy atom. The summed E-state index contributed by atoms with van der Waals surface area (Å²) in [5.74, 6) is -0.833. The number of halogens is 4. The standard InChI is InChI=1S/C14H13Br2F2NS/c1-2-5-19-13(12-7-10(15)14(16)20-12)9-6-8(17)3-4-11(9)18/h3-4,6-7,13,19H,2,5H2,1H3. The van der Waals surface area contributed by atoms with Gasteiger partial charge in [-0.2, -0.15) is 0 Å². The highest BCUT2D eigenvalue weighted by atomic mass is 79.9. The van der Waals surface area contributed by atoms with Gasteiger partial charge in [-0.05, 0) is 69.1 Å². The van der Waals surface area contributed by atoms with Crippen LogP contribution in [0, 0.1) is 11.6 Å². The summed E-state index contributed by atoms with van der Waals surface area (Å²) in [6, 6.07) is 5.13. The zero-order chi connectivity index (χ0) is 14.7. The molecular formula is C14H13Br2F2NS. The third kappa shape index (κ3) is 3.67. The first-order valence-corrected chi connectivity index (χ1v) is 8.56. The zero-order valence-corrected chi connectivity index (χ0v) is 14.7. The Kier molecular flexibility index (Phi) is 5.72. The van der Waals surface area contributed by atoms with Gasteiger partial charge in [-0.3, -0.25) is 0 Å². The van der Waals surface area contributed by atoms with Gasteiger partial charge in [0, 0.05) is 14.9 Å². The Morgan fingerprint density at radius 3 is 2.60 bits per heavy atom. The third-order valence-electron chi connectivity index (χ3n) is 2.82. The summed E-state index contributed by atoms with van der Waals surface area (Å²) in [6.45, 7) is 2.76. The second kappa shape index (κ2) is 7.11. The Hall–Kier alpha value is -0.300. The molecule has 1 aromatic carbocycles. The van der Waals surface area contributed by atoms with E-state index in [1.54, 1.807) is 0 Å². The van der Waals surface area contributed by atoms with Crippen molar-refractivity contribution in [1.82, 2.24) is 5.32 Å². The molecule has 0 spiro atoms. The number of hydrogen-bond donors (Lipinski definition) is 1. The molecule has 0 bridgehead atoms. The topological polar surface area (TPSA) is 12.0 Å². The predicted octanol–water partition coefficient (Wildman–Crippen LogP) is 5.64. The first-order chi connectivity index (χ1) is 9.52. The van der Waals surface area contributed by atoms with Crippen LogP contribution in [0.4, 0.5) is 8.78 Å². The fourth-order valence-electron chi connectivity index (χ4n) is 1.89. The third-order valence-corrected chi connectivity index (χ3v) is 6.14. The number of thiophene rings is 1. The molecule has 108 valence electrons. The Balaban J connectivity index is 2.43. The smallest absolute Gasteiger partial charge is 0.128 e. The van der Waals surface area contributed by atoms with Crippen LogP contribution >= 0.6 is 43.2 Å². The number of hydrogen-bond acceptors (Lipinski definition) is 2. The summed E-state index contributed by atoms with van der Waals surface area (Å²) in [5.41, 5.74) is 0.333. The van der Waals surface area contributed by atoms with E-state index in [-0.39, 0.29) is 6.04 Å². The molecule has 0 radical (unpaired) electrons. The Labute approximate surface area is 137 Å². The molecule has 20 heavy (non-hydrogen) atoms. The first-order valence-electron chi connectivity index (χ1n) is 6.16. The van der Waals surface area contributed by atoms with Gasteiger partial charge in [-0.15, -0.1) is 11.3 Å². The average Bonchev–Trinajstić information content (AvgIpc) is 2.74. The van der Waals surface area contributed by atoms with Crippen molar-refractivity contribution in [3.63, 3.8) is 0 Å². The minimum Gasteiger partial charge on any atom is -0.306 e. The summed E-state index contributed by atoms with van der Waals surface area (Å²) in [6.07, 6.45) is 0.918. The second-order valence-electron chi connectivity index (χ2n) is 4.32. The average molecular weight is 425 g/mol. The molecule has 1 atom stereocenters. The predicted molar refractivity (Wildman–Crippen MR) is 86.2 cm³/mol. The van der Waals surface area contributed by atoms with E-state index in [9.17, 15) is 8.78 Å². The van der Waals surface area contributed by atoms with Crippen LogP contribution in [0.3, 0.4) is 0 Å². The second-order valence-corrected chi connectivity index (χ2v) is 7.58. The molecule has 1 heterocycles. The number of nitrogens with one attached hydrogen (secondary N) is 1. The Morgan fingerprint density at radius 2 is 2.00 bits per heavy atom. The van der Waals surface area contributed by atoms with Gasteiger partial charge < -0.3 is 5.32 Å². The molecule has 1 N–H and O–H groups in total. The Bertz CT molecular complexity index is 581. The van der Waals surface area contributed by atoms with Crippen LogP contribution in [0.2, 0.25) is 0 Å². The molecule has 1 unspecified atom stereocenters. The van der Waals surface area contributed by atoms with Crippen molar-refractivity contribution >= 4 is 43.2 Å². The van der Waals surface area contributed by atoms with Crippen LogP contribution in [-0.4, -0.2) is 6.54 Å². The van der Waals surface area contributed by atoms with E-state index in [1.807, 2.05) is 13.0 Å². The maximum atomic E-state index is 14.0. The van der Waals surface area contributed by atoms with Crippen LogP contribution in [0.25, 0.3) is 0 Å². The number of rotatable bonds is 5. The molecule has 0 saturated heterocycles. The minimum absolute atomic E-state index is 0.333. The van der Waals surface area contributed by atoms with Crippen LogP contribution < -0.4 is 5.32 Å². The highest BCUT2D eigenvalue weighted by Crippen LogP contribution is 2.38. The fourth-order valence-corrected chi connectivity index (χ4v) is 4.08. The molecule has 0 aliphatic heterocycles. The maximum absolute atomic E-state index is 14.0. The van der Waals surface area contributed by atoms with Crippen molar-refractivity contribution in [1.29, 1.82) is 0 Å². The molecule has 0 aliphatic carbocycles. The van der Waals surface area contributed by atoms with Gasteiger partial charge in [0.1, 0.15) is 11.6 Å². The van der Waals surface area contributed by atoms with E-state index in [2.05, 4.69) is 37.2 Å². The minimum atomic E-state index is -0.431. The van der Waals surface area contributed by atoms with Gasteiger partial charge in [0.25, 0.3) is 0 Å². The van der Waals surface area contributed by atoms with Gasteiger partial charge in [-0.25, -0.2) is 8.78 Å². The van der Waals surface area contributed by atoms with Crippen LogP contribution in [0.5, 0.6) is 0 Å². The molecule has 0 saturated carbocycles. The van der Waals surface area contributed by atoms with Gasteiger partial charge in [0.15, 0.2) is 0 Å². The maximum Gasteiger partial charge on any atom is 0.128 e. The highest BCUT2D eigenvalue weighted by Gasteiger charge is 2.21. The van der Waals surface area contributed by atoms with E-state index in [0.29, 0.717) is 5.56 Å². The van der Waals surface area contributed by atoms with E-state index < -0.39 is 11.6 Å². The van der Waals surface area contributed by atoms with Crippen molar-refractivity contribution in [3.8, 4) is 0 Å². The van der Waals surface area contributed by atoms with E-state index in [4.69, 9.17) is 0 Å². The molecule has 1 aromatic heterocycles. The lowest BCUT2D eigenvalue weighted by molar-refractivity contribution is 0.539. The van der Waals surface area contributed by atoms with E-state index in [1.165, 1.54) is 23.5 Å². The lowest BCUT2D eigenvalue weighted by Crippen LogP contribution is -2.23. The zero-order valence-electron chi connectivity index (χ0n) is 10.7. The molecule has 0 fully saturated rings. The molecule has 2 aromatic rings. The van der Waals surface area contributed by atoms with Crippen molar-refractivity contribution in [2.75, 3.05) is 6.54 Å². The monoisotopic (exact) mass is 423 g/mol. The normalized spacial score (nSPS) is 12.7. The molecule has 0 amide bonds. The summed E-state index contributed by atoms with van der Waals surface area (Å²) in [7, 11) is 0. The van der Waals surface area contributed by atoms with Crippen molar-refractivity contribution in [2.24, 2.45) is 0 Å². The quantitative estimate of drug-likeness (QED) is 0.654. The molecule has 2 rings (SSSR count). The van der Waals surface area contributed by atoms with E-state index >= 15 is 0 Å². The summed E-state index contributed by atoms with van der Waals surface area (Å²) in [5, 5.41) is 3.27. The molecule has 6 heteroatoms. The van der Waals surface area contributed by atoms with Crippen molar-refractivity contribution < 1.29 is 8.78 Å². The molecular weight excluding hydrogens is 412 g/mol. The van der Waals surface area contributed by atoms with Crippen LogP contribution in [-0.2, 0) is 0 Å². The molecule has 0 aliphatic rings. The van der Waals surface area contributed by atoms with Crippen LogP contribution in [0.1, 0.15) is 29.8 Å². The molecule has 1 nitrogen and oxygen atoms in total. The van der Waals surface area contributed by atoms with Gasteiger partial charge in [0.05, 0.1) is 9.83 Å². The van der Waals surface area contributed by atoms with Gasteiger partial charge in [-0.1, -0.05) is 6.92 Å². The lowest BCUT2D eigenvalue weighted by atomic mass is 10.0. The van der Waals surface area contributed by atoms with Gasteiger partial charge >= 0.3 is 0 Å². The van der Waals surface area contributed by atoms with Crippen molar-refractivity contribution in [2.45, 2.75) is 19.4 Å². The largest absolute Gasteiger partial charge is 0.306 e. The summed E-state index contributed by atoms with van der Waals surface area (Å²) >= 11 is 8.36. The SMILES string of the molecule is CCCNC(c1cc(Br)c(Br)s1)c1cc(F)ccc1F. The van der Waals surface area contributed by atoms with Gasteiger partial charge in [0.2, 0.25) is 0 Å². The van der Waals surface area contributed by atoms with E-state index in [0.717, 1.165) is 32.2 Å². The van der Waals surface area contributed by atoms with Crippen LogP contribution in [0.15, 0.2) is 32.5 Å².